The Bertz CT molecular complexity index is 593. The van der Waals surface area contributed by atoms with Gasteiger partial charge in [0.2, 0.25) is 5.91 Å². The first-order chi connectivity index (χ1) is 11.1. The molecule has 1 aromatic heterocycles. The highest BCUT2D eigenvalue weighted by atomic mass is 32.1. The monoisotopic (exact) mass is 331 g/mol. The maximum Gasteiger partial charge on any atom is 0.220 e. The van der Waals surface area contributed by atoms with Crippen LogP contribution in [0, 0.1) is 0 Å². The molecule has 23 heavy (non-hydrogen) atoms. The van der Waals surface area contributed by atoms with Crippen LogP contribution in [0.4, 0.5) is 0 Å². The fraction of sp³-hybridized carbons (Fsp3) is 0.421. The van der Waals surface area contributed by atoms with Gasteiger partial charge >= 0.3 is 0 Å². The third kappa shape index (κ3) is 6.97. The topological polar surface area (TPSA) is 38.3 Å². The lowest BCUT2D eigenvalue weighted by Gasteiger charge is -2.10. The van der Waals surface area contributed by atoms with Gasteiger partial charge in [-0.2, -0.15) is 0 Å². The van der Waals surface area contributed by atoms with Gasteiger partial charge < -0.3 is 10.1 Å². The van der Waals surface area contributed by atoms with E-state index in [1.54, 1.807) is 11.3 Å². The number of rotatable bonds is 9. The van der Waals surface area contributed by atoms with Crippen LogP contribution in [0.2, 0.25) is 0 Å². The van der Waals surface area contributed by atoms with E-state index in [1.165, 1.54) is 4.88 Å². The molecule has 0 aliphatic rings. The molecule has 0 saturated carbocycles. The summed E-state index contributed by atoms with van der Waals surface area (Å²) in [7, 11) is 0. The van der Waals surface area contributed by atoms with Crippen LogP contribution in [0.1, 0.15) is 42.7 Å². The fourth-order valence-electron chi connectivity index (χ4n) is 2.26. The normalized spacial score (nSPS) is 10.9. The maximum atomic E-state index is 11.9. The molecule has 1 amide bonds. The number of benzene rings is 1. The third-order valence-corrected chi connectivity index (χ3v) is 4.41. The SMILES string of the molecule is CC(C)OCc1cccc(CNC(=O)CCCc2cccs2)c1. The smallest absolute Gasteiger partial charge is 0.220 e. The van der Waals surface area contributed by atoms with Gasteiger partial charge in [0.1, 0.15) is 0 Å². The molecule has 0 radical (unpaired) electrons. The maximum absolute atomic E-state index is 11.9. The lowest BCUT2D eigenvalue weighted by atomic mass is 10.1. The average molecular weight is 331 g/mol. The minimum atomic E-state index is 0.116. The Balaban J connectivity index is 1.70. The predicted molar refractivity (Wildman–Crippen MR) is 95.5 cm³/mol. The lowest BCUT2D eigenvalue weighted by Crippen LogP contribution is -2.22. The Labute approximate surface area is 142 Å². The van der Waals surface area contributed by atoms with E-state index in [0.29, 0.717) is 19.6 Å². The Hall–Kier alpha value is -1.65. The Morgan fingerprint density at radius 1 is 1.22 bits per heavy atom. The van der Waals surface area contributed by atoms with E-state index in [2.05, 4.69) is 35.0 Å². The molecule has 0 saturated heterocycles. The molecule has 0 aliphatic carbocycles. The number of carbonyl (C=O) groups is 1. The molecule has 1 aromatic carbocycles. The zero-order valence-corrected chi connectivity index (χ0v) is 14.7. The van der Waals surface area contributed by atoms with Crippen molar-refractivity contribution in [2.45, 2.75) is 52.4 Å². The summed E-state index contributed by atoms with van der Waals surface area (Å²) in [5.41, 5.74) is 2.25. The van der Waals surface area contributed by atoms with Crippen molar-refractivity contribution in [3.8, 4) is 0 Å². The quantitative estimate of drug-likeness (QED) is 0.743. The van der Waals surface area contributed by atoms with E-state index in [1.807, 2.05) is 26.0 Å². The van der Waals surface area contributed by atoms with E-state index in [4.69, 9.17) is 4.74 Å². The second-order valence-corrected chi connectivity index (χ2v) is 6.92. The minimum Gasteiger partial charge on any atom is -0.374 e. The molecule has 2 aromatic rings. The van der Waals surface area contributed by atoms with Crippen molar-refractivity contribution < 1.29 is 9.53 Å². The van der Waals surface area contributed by atoms with E-state index in [-0.39, 0.29) is 12.0 Å². The summed E-state index contributed by atoms with van der Waals surface area (Å²) >= 11 is 1.75. The minimum absolute atomic E-state index is 0.116. The van der Waals surface area contributed by atoms with Crippen LogP contribution in [0.5, 0.6) is 0 Å². The molecule has 3 nitrogen and oxygen atoms in total. The number of thiophene rings is 1. The molecule has 4 heteroatoms. The first-order valence-electron chi connectivity index (χ1n) is 8.12. The second-order valence-electron chi connectivity index (χ2n) is 5.89. The number of amides is 1. The summed E-state index contributed by atoms with van der Waals surface area (Å²) < 4.78 is 5.61. The van der Waals surface area contributed by atoms with Gasteiger partial charge in [-0.1, -0.05) is 30.3 Å². The molecular weight excluding hydrogens is 306 g/mol. The standard InChI is InChI=1S/C19H25NO2S/c1-15(2)22-14-17-7-3-6-16(12-17)13-20-19(21)10-4-8-18-9-5-11-23-18/h3,5-7,9,11-12,15H,4,8,10,13-14H2,1-2H3,(H,20,21). The summed E-state index contributed by atoms with van der Waals surface area (Å²) in [6.45, 7) is 5.24. The van der Waals surface area contributed by atoms with E-state index < -0.39 is 0 Å². The largest absolute Gasteiger partial charge is 0.374 e. The van der Waals surface area contributed by atoms with Crippen LogP contribution in [0.15, 0.2) is 41.8 Å². The van der Waals surface area contributed by atoms with Crippen molar-refractivity contribution in [1.82, 2.24) is 5.32 Å². The molecule has 2 rings (SSSR count). The molecule has 0 unspecified atom stereocenters. The molecule has 0 atom stereocenters. The van der Waals surface area contributed by atoms with Crippen LogP contribution in [0.25, 0.3) is 0 Å². The van der Waals surface area contributed by atoms with Crippen molar-refractivity contribution >= 4 is 17.2 Å². The average Bonchev–Trinajstić information content (AvgIpc) is 3.05. The molecule has 0 bridgehead atoms. The molecule has 1 heterocycles. The number of nitrogens with one attached hydrogen (secondary N) is 1. The zero-order valence-electron chi connectivity index (χ0n) is 13.9. The van der Waals surface area contributed by atoms with Crippen LogP contribution in [-0.4, -0.2) is 12.0 Å². The molecule has 0 spiro atoms. The van der Waals surface area contributed by atoms with Gasteiger partial charge in [-0.15, -0.1) is 11.3 Å². The summed E-state index contributed by atoms with van der Waals surface area (Å²) in [4.78, 5) is 13.3. The van der Waals surface area contributed by atoms with Gasteiger partial charge in [0, 0.05) is 17.8 Å². The van der Waals surface area contributed by atoms with Crippen LogP contribution in [0.3, 0.4) is 0 Å². The third-order valence-electron chi connectivity index (χ3n) is 3.47. The molecule has 0 aliphatic heterocycles. The van der Waals surface area contributed by atoms with Gasteiger partial charge in [-0.05, 0) is 49.3 Å². The Morgan fingerprint density at radius 2 is 2.04 bits per heavy atom. The Kier molecular flexibility index (Phi) is 7.30. The van der Waals surface area contributed by atoms with Gasteiger partial charge in [0.05, 0.1) is 12.7 Å². The number of hydrogen-bond donors (Lipinski definition) is 1. The summed E-state index contributed by atoms with van der Waals surface area (Å²) in [5, 5.41) is 5.07. The first kappa shape index (κ1) is 17.7. The van der Waals surface area contributed by atoms with Crippen molar-refractivity contribution in [3.63, 3.8) is 0 Å². The van der Waals surface area contributed by atoms with Crippen molar-refractivity contribution in [3.05, 3.63) is 57.8 Å². The molecule has 0 fully saturated rings. The molecule has 124 valence electrons. The number of ether oxygens (including phenoxy) is 1. The highest BCUT2D eigenvalue weighted by molar-refractivity contribution is 7.09. The van der Waals surface area contributed by atoms with E-state index in [0.717, 1.165) is 24.0 Å². The fourth-order valence-corrected chi connectivity index (χ4v) is 3.01. The van der Waals surface area contributed by atoms with Crippen molar-refractivity contribution in [1.29, 1.82) is 0 Å². The summed E-state index contributed by atoms with van der Waals surface area (Å²) in [6, 6.07) is 12.4. The van der Waals surface area contributed by atoms with Crippen LogP contribution < -0.4 is 5.32 Å². The highest BCUT2D eigenvalue weighted by Gasteiger charge is 2.03. The summed E-state index contributed by atoms with van der Waals surface area (Å²) in [6.07, 6.45) is 2.68. The van der Waals surface area contributed by atoms with Crippen LogP contribution >= 0.6 is 11.3 Å². The number of aryl methyl sites for hydroxylation is 1. The number of hydrogen-bond acceptors (Lipinski definition) is 3. The van der Waals surface area contributed by atoms with Gasteiger partial charge in [0.25, 0.3) is 0 Å². The Morgan fingerprint density at radius 3 is 2.78 bits per heavy atom. The van der Waals surface area contributed by atoms with Crippen LogP contribution in [-0.2, 0) is 29.1 Å². The highest BCUT2D eigenvalue weighted by Crippen LogP contribution is 2.12. The second kappa shape index (κ2) is 9.48. The van der Waals surface area contributed by atoms with Gasteiger partial charge in [-0.25, -0.2) is 0 Å². The lowest BCUT2D eigenvalue weighted by molar-refractivity contribution is -0.121. The molecule has 1 N–H and O–H groups in total. The van der Waals surface area contributed by atoms with E-state index >= 15 is 0 Å². The van der Waals surface area contributed by atoms with E-state index in [9.17, 15) is 4.79 Å². The zero-order chi connectivity index (χ0) is 16.5. The summed E-state index contributed by atoms with van der Waals surface area (Å²) in [5.74, 6) is 0.116. The first-order valence-corrected chi connectivity index (χ1v) is 9.00. The van der Waals surface area contributed by atoms with Gasteiger partial charge in [0.15, 0.2) is 0 Å². The van der Waals surface area contributed by atoms with Crippen molar-refractivity contribution in [2.75, 3.05) is 0 Å². The van der Waals surface area contributed by atoms with Crippen molar-refractivity contribution in [2.24, 2.45) is 0 Å². The van der Waals surface area contributed by atoms with Gasteiger partial charge in [-0.3, -0.25) is 4.79 Å². The predicted octanol–water partition coefficient (Wildman–Crippen LogP) is 4.31. The molecular formula is C19H25NO2S. The number of carbonyl (C=O) groups excluding carboxylic acids is 1.